The summed E-state index contributed by atoms with van der Waals surface area (Å²) in [6.07, 6.45) is 8.48. The monoisotopic (exact) mass is 495 g/mol. The van der Waals surface area contributed by atoms with E-state index in [0.29, 0.717) is 44.7 Å². The molecule has 2 aliphatic rings. The molecular weight excluding hydrogens is 462 g/mol. The van der Waals surface area contributed by atoms with Crippen molar-refractivity contribution in [3.05, 3.63) is 66.2 Å². The van der Waals surface area contributed by atoms with Crippen LogP contribution < -0.4 is 5.32 Å². The van der Waals surface area contributed by atoms with Crippen LogP contribution in [0.1, 0.15) is 44.1 Å². The van der Waals surface area contributed by atoms with Gasteiger partial charge < -0.3 is 10.2 Å². The normalized spacial score (nSPS) is 18.3. The minimum absolute atomic E-state index is 0.0473. The van der Waals surface area contributed by atoms with Gasteiger partial charge in [0.1, 0.15) is 0 Å². The topological polar surface area (TPSA) is 86.8 Å². The maximum atomic E-state index is 12.9. The minimum Gasteiger partial charge on any atom is -0.339 e. The quantitative estimate of drug-likeness (QED) is 0.610. The maximum absolute atomic E-state index is 12.9. The fraction of sp³-hybridized carbons (Fsp3) is 0.407. The molecule has 7 nitrogen and oxygen atoms in total. The molecule has 2 aromatic carbocycles. The number of sulfonamides is 1. The Hall–Kier alpha value is -2.97. The Morgan fingerprint density at radius 3 is 2.09 bits per heavy atom. The van der Waals surface area contributed by atoms with Gasteiger partial charge >= 0.3 is 0 Å². The van der Waals surface area contributed by atoms with Gasteiger partial charge in [0.25, 0.3) is 0 Å². The highest BCUT2D eigenvalue weighted by atomic mass is 32.2. The molecule has 0 aromatic heterocycles. The van der Waals surface area contributed by atoms with E-state index in [1.807, 2.05) is 30.3 Å². The molecule has 2 heterocycles. The molecule has 0 spiro atoms. The first kappa shape index (κ1) is 25.1. The van der Waals surface area contributed by atoms with Crippen molar-refractivity contribution in [3.63, 3.8) is 0 Å². The van der Waals surface area contributed by atoms with Gasteiger partial charge in [-0.3, -0.25) is 9.59 Å². The van der Waals surface area contributed by atoms with Crippen molar-refractivity contribution in [1.29, 1.82) is 0 Å². The van der Waals surface area contributed by atoms with Crippen LogP contribution >= 0.6 is 0 Å². The highest BCUT2D eigenvalue weighted by Crippen LogP contribution is 2.23. The molecule has 4 rings (SSSR count). The predicted molar refractivity (Wildman–Crippen MR) is 137 cm³/mol. The van der Waals surface area contributed by atoms with Crippen molar-refractivity contribution in [3.8, 4) is 0 Å². The molecule has 2 amide bonds. The highest BCUT2D eigenvalue weighted by molar-refractivity contribution is 7.89. The molecule has 2 aliphatic heterocycles. The Kier molecular flexibility index (Phi) is 8.36. The summed E-state index contributed by atoms with van der Waals surface area (Å²) in [6, 6.07) is 16.1. The van der Waals surface area contributed by atoms with Crippen LogP contribution in [0, 0.1) is 5.92 Å². The third kappa shape index (κ3) is 6.58. The number of benzene rings is 2. The molecule has 0 aliphatic carbocycles. The molecule has 0 radical (unpaired) electrons. The summed E-state index contributed by atoms with van der Waals surface area (Å²) in [4.78, 5) is 27.3. The first-order valence-corrected chi connectivity index (χ1v) is 13.8. The fourth-order valence-corrected chi connectivity index (χ4v) is 6.10. The van der Waals surface area contributed by atoms with Gasteiger partial charge in [0.05, 0.1) is 4.90 Å². The average Bonchev–Trinajstić information content (AvgIpc) is 3.19. The molecule has 8 heteroatoms. The Labute approximate surface area is 207 Å². The lowest BCUT2D eigenvalue weighted by atomic mass is 9.95. The van der Waals surface area contributed by atoms with Crippen LogP contribution in [0.3, 0.4) is 0 Å². The zero-order valence-electron chi connectivity index (χ0n) is 19.9. The number of amides is 2. The minimum atomic E-state index is -3.51. The molecule has 0 unspecified atom stereocenters. The van der Waals surface area contributed by atoms with Crippen molar-refractivity contribution >= 4 is 33.6 Å². The molecule has 0 saturated carbocycles. The van der Waals surface area contributed by atoms with Gasteiger partial charge in [-0.1, -0.05) is 43.2 Å². The second-order valence-corrected chi connectivity index (χ2v) is 11.1. The summed E-state index contributed by atoms with van der Waals surface area (Å²) < 4.78 is 27.4. The molecular formula is C27H33N3O4S. The molecule has 0 bridgehead atoms. The highest BCUT2D eigenvalue weighted by Gasteiger charge is 2.27. The summed E-state index contributed by atoms with van der Waals surface area (Å²) in [7, 11) is -3.51. The molecule has 2 saturated heterocycles. The molecule has 2 fully saturated rings. The van der Waals surface area contributed by atoms with Gasteiger partial charge in [0, 0.05) is 43.9 Å². The average molecular weight is 496 g/mol. The van der Waals surface area contributed by atoms with Crippen molar-refractivity contribution in [2.75, 3.05) is 31.5 Å². The van der Waals surface area contributed by atoms with E-state index in [4.69, 9.17) is 0 Å². The van der Waals surface area contributed by atoms with E-state index in [0.717, 1.165) is 31.2 Å². The van der Waals surface area contributed by atoms with Gasteiger partial charge in [0.15, 0.2) is 0 Å². The lowest BCUT2D eigenvalue weighted by molar-refractivity contribution is -0.130. The van der Waals surface area contributed by atoms with Gasteiger partial charge in [-0.05, 0) is 61.6 Å². The van der Waals surface area contributed by atoms with Gasteiger partial charge in [-0.15, -0.1) is 0 Å². The van der Waals surface area contributed by atoms with Crippen molar-refractivity contribution in [1.82, 2.24) is 9.21 Å². The van der Waals surface area contributed by atoms with E-state index in [1.165, 1.54) is 0 Å². The molecule has 2 aromatic rings. The first-order chi connectivity index (χ1) is 16.9. The zero-order chi connectivity index (χ0) is 24.7. The first-order valence-electron chi connectivity index (χ1n) is 12.4. The Balaban J connectivity index is 1.28. The molecule has 1 N–H and O–H groups in total. The molecule has 0 atom stereocenters. The number of hydrogen-bond donors (Lipinski definition) is 1. The standard InChI is InChI=1S/C27H33N3O4S/c31-26(15-10-22-8-4-3-5-9-22)29-20-16-23(17-21-29)27(32)28-24-11-13-25(14-12-24)35(33,34)30-18-6-1-2-7-19-30/h3-5,8-15,23H,1-2,6-7,16-21H2,(H,28,32)/b15-10+. The van der Waals surface area contributed by atoms with Crippen LogP contribution in [-0.4, -0.2) is 55.6 Å². The summed E-state index contributed by atoms with van der Waals surface area (Å²) in [5.74, 6) is -0.327. The van der Waals surface area contributed by atoms with Crippen LogP contribution in [0.4, 0.5) is 5.69 Å². The van der Waals surface area contributed by atoms with Crippen LogP contribution in [0.2, 0.25) is 0 Å². The Morgan fingerprint density at radius 1 is 0.829 bits per heavy atom. The van der Waals surface area contributed by atoms with E-state index in [2.05, 4.69) is 5.32 Å². The summed E-state index contributed by atoms with van der Waals surface area (Å²) in [5, 5.41) is 2.91. The van der Waals surface area contributed by atoms with E-state index >= 15 is 0 Å². The van der Waals surface area contributed by atoms with Crippen LogP contribution in [0.5, 0.6) is 0 Å². The summed E-state index contributed by atoms with van der Waals surface area (Å²) >= 11 is 0. The Bertz CT molecular complexity index is 1130. The second-order valence-electron chi connectivity index (χ2n) is 9.18. The molecule has 35 heavy (non-hydrogen) atoms. The number of carbonyl (C=O) groups is 2. The second kappa shape index (κ2) is 11.6. The maximum Gasteiger partial charge on any atom is 0.246 e. The number of rotatable bonds is 6. The van der Waals surface area contributed by atoms with Gasteiger partial charge in [-0.25, -0.2) is 8.42 Å². The lowest BCUT2D eigenvalue weighted by Gasteiger charge is -2.30. The van der Waals surface area contributed by atoms with Crippen molar-refractivity contribution < 1.29 is 18.0 Å². The van der Waals surface area contributed by atoms with E-state index in [1.54, 1.807) is 45.6 Å². The fourth-order valence-electron chi connectivity index (χ4n) is 4.58. The van der Waals surface area contributed by atoms with Gasteiger partial charge in [0.2, 0.25) is 21.8 Å². The number of piperidine rings is 1. The van der Waals surface area contributed by atoms with Crippen LogP contribution in [0.25, 0.3) is 6.08 Å². The third-order valence-electron chi connectivity index (χ3n) is 6.72. The van der Waals surface area contributed by atoms with E-state index < -0.39 is 10.0 Å². The van der Waals surface area contributed by atoms with E-state index in [9.17, 15) is 18.0 Å². The third-order valence-corrected chi connectivity index (χ3v) is 8.63. The molecule has 186 valence electrons. The van der Waals surface area contributed by atoms with Crippen LogP contribution in [-0.2, 0) is 19.6 Å². The predicted octanol–water partition coefficient (Wildman–Crippen LogP) is 4.14. The number of nitrogens with zero attached hydrogens (tertiary/aromatic N) is 2. The summed E-state index contributed by atoms with van der Waals surface area (Å²) in [6.45, 7) is 2.18. The zero-order valence-corrected chi connectivity index (χ0v) is 20.8. The SMILES string of the molecule is O=C(Nc1ccc(S(=O)(=O)N2CCCCCC2)cc1)C1CCN(C(=O)/C=C/c2ccccc2)CC1. The van der Waals surface area contributed by atoms with Crippen molar-refractivity contribution in [2.45, 2.75) is 43.4 Å². The number of carbonyl (C=O) groups excluding carboxylic acids is 2. The number of anilines is 1. The van der Waals surface area contributed by atoms with E-state index in [-0.39, 0.29) is 22.6 Å². The number of hydrogen-bond acceptors (Lipinski definition) is 4. The Morgan fingerprint density at radius 2 is 1.46 bits per heavy atom. The summed E-state index contributed by atoms with van der Waals surface area (Å²) in [5.41, 5.74) is 1.55. The number of nitrogens with one attached hydrogen (secondary N) is 1. The largest absolute Gasteiger partial charge is 0.339 e. The lowest BCUT2D eigenvalue weighted by Crippen LogP contribution is -2.40. The number of likely N-dealkylation sites (tertiary alicyclic amines) is 1. The smallest absolute Gasteiger partial charge is 0.246 e. The van der Waals surface area contributed by atoms with Crippen LogP contribution in [0.15, 0.2) is 65.6 Å². The van der Waals surface area contributed by atoms with Gasteiger partial charge in [-0.2, -0.15) is 4.31 Å². The van der Waals surface area contributed by atoms with Crippen molar-refractivity contribution in [2.24, 2.45) is 5.92 Å².